The predicted molar refractivity (Wildman–Crippen MR) is 123 cm³/mol. The lowest BCUT2D eigenvalue weighted by atomic mass is 10.1. The van der Waals surface area contributed by atoms with Crippen LogP contribution in [0, 0.1) is 0 Å². The average Bonchev–Trinajstić information content (AvgIpc) is 3.24. The minimum Gasteiger partial charge on any atom is -0.489 e. The molecule has 0 unspecified atom stereocenters. The van der Waals surface area contributed by atoms with Crippen LogP contribution >= 0.6 is 24.0 Å². The first-order valence-electron chi connectivity index (χ1n) is 9.06. The molecule has 0 radical (unpaired) electrons. The van der Waals surface area contributed by atoms with Crippen molar-refractivity contribution in [2.75, 3.05) is 13.6 Å². The van der Waals surface area contributed by atoms with Crippen molar-refractivity contribution < 1.29 is 9.15 Å². The molecule has 0 aliphatic heterocycles. The maximum atomic E-state index is 5.89. The van der Waals surface area contributed by atoms with Crippen molar-refractivity contribution in [2.24, 2.45) is 4.99 Å². The number of halogens is 1. The highest BCUT2D eigenvalue weighted by Gasteiger charge is 2.05. The molecule has 0 saturated carbocycles. The van der Waals surface area contributed by atoms with Crippen molar-refractivity contribution >= 4 is 29.9 Å². The first-order chi connectivity index (χ1) is 13.3. The summed E-state index contributed by atoms with van der Waals surface area (Å²) >= 11 is 0. The molecule has 0 aliphatic carbocycles. The predicted octanol–water partition coefficient (Wildman–Crippen LogP) is 4.38. The van der Waals surface area contributed by atoms with Crippen molar-refractivity contribution in [1.29, 1.82) is 0 Å². The Hall–Kier alpha value is -2.48. The summed E-state index contributed by atoms with van der Waals surface area (Å²) in [5.41, 5.74) is 2.34. The molecule has 3 rings (SSSR count). The summed E-state index contributed by atoms with van der Waals surface area (Å²) in [5.74, 6) is 2.59. The van der Waals surface area contributed by atoms with Gasteiger partial charge in [0.05, 0.1) is 6.26 Å². The summed E-state index contributed by atoms with van der Waals surface area (Å²) in [4.78, 5) is 4.28. The van der Waals surface area contributed by atoms with Crippen LogP contribution in [0.4, 0.5) is 0 Å². The van der Waals surface area contributed by atoms with Crippen LogP contribution in [0.1, 0.15) is 16.9 Å². The Kier molecular flexibility index (Phi) is 9.41. The van der Waals surface area contributed by atoms with Gasteiger partial charge in [0.1, 0.15) is 18.1 Å². The Morgan fingerprint density at radius 2 is 1.68 bits per heavy atom. The van der Waals surface area contributed by atoms with Crippen LogP contribution in [0.2, 0.25) is 0 Å². The van der Waals surface area contributed by atoms with Gasteiger partial charge in [0.25, 0.3) is 0 Å². The molecule has 2 N–H and O–H groups in total. The van der Waals surface area contributed by atoms with Crippen LogP contribution < -0.4 is 15.4 Å². The van der Waals surface area contributed by atoms with Gasteiger partial charge in [-0.2, -0.15) is 0 Å². The van der Waals surface area contributed by atoms with Gasteiger partial charge >= 0.3 is 0 Å². The van der Waals surface area contributed by atoms with Crippen molar-refractivity contribution in [3.63, 3.8) is 0 Å². The Morgan fingerprint density at radius 3 is 2.39 bits per heavy atom. The van der Waals surface area contributed by atoms with Crippen LogP contribution in [-0.2, 0) is 19.6 Å². The molecule has 0 amide bonds. The number of furan rings is 1. The molecule has 0 atom stereocenters. The number of guanidine groups is 1. The van der Waals surface area contributed by atoms with Crippen LogP contribution in [0.15, 0.2) is 82.4 Å². The molecule has 5 nitrogen and oxygen atoms in total. The van der Waals surface area contributed by atoms with E-state index in [2.05, 4.69) is 27.8 Å². The molecule has 3 aromatic rings. The minimum absolute atomic E-state index is 0. The van der Waals surface area contributed by atoms with Gasteiger partial charge in [-0.25, -0.2) is 0 Å². The summed E-state index contributed by atoms with van der Waals surface area (Å²) < 4.78 is 11.2. The third kappa shape index (κ3) is 6.92. The van der Waals surface area contributed by atoms with Gasteiger partial charge in [-0.1, -0.05) is 42.5 Å². The van der Waals surface area contributed by atoms with Crippen molar-refractivity contribution in [3.8, 4) is 5.75 Å². The molecule has 148 valence electrons. The Morgan fingerprint density at radius 1 is 0.929 bits per heavy atom. The van der Waals surface area contributed by atoms with E-state index in [0.717, 1.165) is 36.0 Å². The molecule has 0 saturated heterocycles. The second-order valence-corrected chi connectivity index (χ2v) is 6.05. The zero-order valence-electron chi connectivity index (χ0n) is 15.9. The number of hydrogen-bond donors (Lipinski definition) is 2. The van der Waals surface area contributed by atoms with Gasteiger partial charge in [0.15, 0.2) is 5.96 Å². The topological polar surface area (TPSA) is 58.8 Å². The average molecular weight is 491 g/mol. The van der Waals surface area contributed by atoms with Gasteiger partial charge in [-0.15, -0.1) is 24.0 Å². The second-order valence-electron chi connectivity index (χ2n) is 6.05. The van der Waals surface area contributed by atoms with Crippen molar-refractivity contribution in [3.05, 3.63) is 89.9 Å². The fraction of sp³-hybridized carbons (Fsp3) is 0.227. The van der Waals surface area contributed by atoms with Gasteiger partial charge in [0, 0.05) is 26.6 Å². The van der Waals surface area contributed by atoms with E-state index in [1.165, 1.54) is 5.56 Å². The summed E-state index contributed by atoms with van der Waals surface area (Å²) in [6.45, 7) is 1.97. The highest BCUT2D eigenvalue weighted by molar-refractivity contribution is 14.0. The molecular weight excluding hydrogens is 465 g/mol. The Balaban J connectivity index is 0.00000280. The van der Waals surface area contributed by atoms with E-state index in [1.807, 2.05) is 54.6 Å². The highest BCUT2D eigenvalue weighted by Crippen LogP contribution is 2.14. The summed E-state index contributed by atoms with van der Waals surface area (Å²) in [7, 11) is 1.77. The normalized spacial score (nSPS) is 10.8. The second kappa shape index (κ2) is 12.1. The Bertz CT molecular complexity index is 836. The molecule has 0 spiro atoms. The highest BCUT2D eigenvalue weighted by atomic mass is 127. The number of para-hydroxylation sites is 1. The fourth-order valence-electron chi connectivity index (χ4n) is 2.71. The number of hydrogen-bond acceptors (Lipinski definition) is 3. The minimum atomic E-state index is 0. The molecular formula is C22H26IN3O2. The van der Waals surface area contributed by atoms with E-state index in [9.17, 15) is 0 Å². The van der Waals surface area contributed by atoms with E-state index < -0.39 is 0 Å². The lowest BCUT2D eigenvalue weighted by Crippen LogP contribution is -2.38. The maximum Gasteiger partial charge on any atom is 0.191 e. The third-order valence-electron chi connectivity index (χ3n) is 4.17. The van der Waals surface area contributed by atoms with E-state index in [-0.39, 0.29) is 24.0 Å². The van der Waals surface area contributed by atoms with Crippen molar-refractivity contribution in [1.82, 2.24) is 10.6 Å². The molecule has 0 fully saturated rings. The zero-order valence-corrected chi connectivity index (χ0v) is 18.3. The maximum absolute atomic E-state index is 5.89. The molecule has 28 heavy (non-hydrogen) atoms. The lowest BCUT2D eigenvalue weighted by molar-refractivity contribution is 0.305. The van der Waals surface area contributed by atoms with Gasteiger partial charge in [0.2, 0.25) is 0 Å². The van der Waals surface area contributed by atoms with E-state index in [1.54, 1.807) is 13.3 Å². The van der Waals surface area contributed by atoms with Crippen LogP contribution in [0.5, 0.6) is 5.75 Å². The quantitative estimate of drug-likeness (QED) is 0.279. The standard InChI is InChI=1S/C22H25N3O2.HI/c1-23-22(24-14-13-21-12-7-15-26-21)25-16-18-8-5-6-9-19(18)17-27-20-10-3-2-4-11-20;/h2-12,15H,13-14,16-17H2,1H3,(H2,23,24,25);1H. The lowest BCUT2D eigenvalue weighted by Gasteiger charge is -2.14. The molecule has 1 aromatic heterocycles. The molecule has 0 bridgehead atoms. The Labute approximate surface area is 183 Å². The first kappa shape index (κ1) is 21.8. The number of rotatable bonds is 8. The largest absolute Gasteiger partial charge is 0.489 e. The number of benzene rings is 2. The summed E-state index contributed by atoms with van der Waals surface area (Å²) in [6.07, 6.45) is 2.51. The third-order valence-corrected chi connectivity index (χ3v) is 4.17. The van der Waals surface area contributed by atoms with Crippen LogP contribution in [0.3, 0.4) is 0 Å². The smallest absolute Gasteiger partial charge is 0.191 e. The van der Waals surface area contributed by atoms with E-state index in [0.29, 0.717) is 13.2 Å². The van der Waals surface area contributed by atoms with Crippen LogP contribution in [-0.4, -0.2) is 19.6 Å². The molecule has 6 heteroatoms. The molecule has 1 heterocycles. The number of aliphatic imine (C=N–C) groups is 1. The molecule has 0 aliphatic rings. The first-order valence-corrected chi connectivity index (χ1v) is 9.06. The van der Waals surface area contributed by atoms with Gasteiger partial charge < -0.3 is 19.8 Å². The summed E-state index contributed by atoms with van der Waals surface area (Å²) in [6, 6.07) is 22.0. The van der Waals surface area contributed by atoms with Gasteiger partial charge in [-0.05, 0) is 35.4 Å². The van der Waals surface area contributed by atoms with E-state index in [4.69, 9.17) is 9.15 Å². The number of nitrogens with zero attached hydrogens (tertiary/aromatic N) is 1. The fourth-order valence-corrected chi connectivity index (χ4v) is 2.71. The SMILES string of the molecule is CN=C(NCCc1ccco1)NCc1ccccc1COc1ccccc1.I. The molecule has 2 aromatic carbocycles. The monoisotopic (exact) mass is 491 g/mol. The van der Waals surface area contributed by atoms with E-state index >= 15 is 0 Å². The van der Waals surface area contributed by atoms with Gasteiger partial charge in [-0.3, -0.25) is 4.99 Å². The zero-order chi connectivity index (χ0) is 18.7. The number of ether oxygens (including phenoxy) is 1. The van der Waals surface area contributed by atoms with Crippen molar-refractivity contribution in [2.45, 2.75) is 19.6 Å². The van der Waals surface area contributed by atoms with Crippen LogP contribution in [0.25, 0.3) is 0 Å². The summed E-state index contributed by atoms with van der Waals surface area (Å²) in [5, 5.41) is 6.66. The number of nitrogens with one attached hydrogen (secondary N) is 2.